The first-order valence-corrected chi connectivity index (χ1v) is 10.5. The van der Waals surface area contributed by atoms with Gasteiger partial charge >= 0.3 is 0 Å². The summed E-state index contributed by atoms with van der Waals surface area (Å²) in [5.74, 6) is -0.688. The van der Waals surface area contributed by atoms with Gasteiger partial charge in [0.15, 0.2) is 10.5 Å². The van der Waals surface area contributed by atoms with Crippen molar-refractivity contribution < 1.29 is 17.5 Å². The van der Waals surface area contributed by atoms with Crippen LogP contribution in [0.15, 0.2) is 39.1 Å². The minimum atomic E-state index is -4.01. The van der Waals surface area contributed by atoms with Gasteiger partial charge < -0.3 is 4.74 Å². The van der Waals surface area contributed by atoms with E-state index in [1.807, 2.05) is 0 Å². The Morgan fingerprint density at radius 3 is 2.69 bits per heavy atom. The minimum Gasteiger partial charge on any atom is -0.378 e. The molecule has 6 nitrogen and oxygen atoms in total. The number of benzene rings is 1. The maximum absolute atomic E-state index is 13.4. The molecule has 0 spiro atoms. The molecule has 0 aliphatic carbocycles. The largest absolute Gasteiger partial charge is 0.378 e. The van der Waals surface area contributed by atoms with Gasteiger partial charge in [0.25, 0.3) is 0 Å². The van der Waals surface area contributed by atoms with Crippen LogP contribution in [0, 0.1) is 12.7 Å². The number of rotatable bonds is 5. The molecule has 0 aliphatic heterocycles. The van der Waals surface area contributed by atoms with Crippen LogP contribution >= 0.6 is 23.4 Å². The molecule has 2 heterocycles. The van der Waals surface area contributed by atoms with Gasteiger partial charge in [0.1, 0.15) is 10.8 Å². The monoisotopic (exact) mass is 415 g/mol. The molecular weight excluding hydrogens is 401 g/mol. The number of ether oxygens (including phenoxy) is 1. The average molecular weight is 416 g/mol. The van der Waals surface area contributed by atoms with Crippen molar-refractivity contribution in [3.63, 3.8) is 0 Å². The van der Waals surface area contributed by atoms with Crippen molar-refractivity contribution in [2.45, 2.75) is 28.3 Å². The summed E-state index contributed by atoms with van der Waals surface area (Å²) in [4.78, 5) is 4.21. The number of halogens is 2. The molecule has 3 aromatic rings. The van der Waals surface area contributed by atoms with E-state index in [1.54, 1.807) is 26.4 Å². The van der Waals surface area contributed by atoms with E-state index in [2.05, 4.69) is 10.1 Å². The Morgan fingerprint density at radius 2 is 2.08 bits per heavy atom. The third kappa shape index (κ3) is 3.20. The first-order valence-electron chi connectivity index (χ1n) is 7.42. The topological polar surface area (TPSA) is 73.6 Å². The Hall–Kier alpha value is -1.68. The summed E-state index contributed by atoms with van der Waals surface area (Å²) in [5.41, 5.74) is 1.50. The molecule has 10 heteroatoms. The quantitative estimate of drug-likeness (QED) is 0.469. The van der Waals surface area contributed by atoms with Crippen LogP contribution in [0.25, 0.3) is 5.65 Å². The van der Waals surface area contributed by atoms with E-state index in [-0.39, 0.29) is 27.1 Å². The lowest BCUT2D eigenvalue weighted by Gasteiger charge is -2.07. The highest BCUT2D eigenvalue weighted by atomic mass is 35.5. The number of aromatic nitrogens is 3. The molecule has 0 bridgehead atoms. The van der Waals surface area contributed by atoms with Crippen LogP contribution in [0.5, 0.6) is 0 Å². The average Bonchev–Trinajstić information content (AvgIpc) is 2.96. The summed E-state index contributed by atoms with van der Waals surface area (Å²) in [6.45, 7) is 2.01. The molecule has 0 amide bonds. The number of hydrogen-bond donors (Lipinski definition) is 0. The van der Waals surface area contributed by atoms with Crippen LogP contribution in [0.1, 0.15) is 11.4 Å². The number of aryl methyl sites for hydroxylation is 1. The Balaban J connectivity index is 2.34. The van der Waals surface area contributed by atoms with Crippen molar-refractivity contribution in [2.24, 2.45) is 0 Å². The maximum atomic E-state index is 13.4. The lowest BCUT2D eigenvalue weighted by atomic mass is 10.3. The molecule has 138 valence electrons. The van der Waals surface area contributed by atoms with Crippen LogP contribution in [-0.4, -0.2) is 36.4 Å². The van der Waals surface area contributed by atoms with Gasteiger partial charge in [0.05, 0.1) is 22.2 Å². The SMILES string of the molecule is COCc1cc(C)nc2c(S(=O)(=O)c3ccc(F)c(Cl)c3)c(SC)nn12. The molecule has 26 heavy (non-hydrogen) atoms. The second-order valence-electron chi connectivity index (χ2n) is 5.48. The number of hydrogen-bond acceptors (Lipinski definition) is 6. The molecule has 0 saturated heterocycles. The zero-order valence-electron chi connectivity index (χ0n) is 14.2. The smallest absolute Gasteiger partial charge is 0.213 e. The molecular formula is C16H15ClFN3O3S2. The Kier molecular flexibility index (Phi) is 5.25. The van der Waals surface area contributed by atoms with Crippen molar-refractivity contribution in [2.75, 3.05) is 13.4 Å². The zero-order valence-corrected chi connectivity index (χ0v) is 16.5. The van der Waals surface area contributed by atoms with Crippen molar-refractivity contribution in [1.82, 2.24) is 14.6 Å². The van der Waals surface area contributed by atoms with Crippen LogP contribution in [0.2, 0.25) is 5.02 Å². The predicted molar refractivity (Wildman–Crippen MR) is 97.1 cm³/mol. The van der Waals surface area contributed by atoms with Gasteiger partial charge in [0.2, 0.25) is 9.84 Å². The number of methoxy groups -OCH3 is 1. The lowest BCUT2D eigenvalue weighted by Crippen LogP contribution is -2.06. The van der Waals surface area contributed by atoms with E-state index in [4.69, 9.17) is 16.3 Å². The van der Waals surface area contributed by atoms with E-state index < -0.39 is 15.7 Å². The van der Waals surface area contributed by atoms with E-state index in [9.17, 15) is 12.8 Å². The summed E-state index contributed by atoms with van der Waals surface area (Å²) in [7, 11) is -2.47. The molecule has 0 unspecified atom stereocenters. The summed E-state index contributed by atoms with van der Waals surface area (Å²) >= 11 is 6.95. The van der Waals surface area contributed by atoms with Gasteiger partial charge in [-0.15, -0.1) is 11.8 Å². The maximum Gasteiger partial charge on any atom is 0.213 e. The zero-order chi connectivity index (χ0) is 19.1. The molecule has 2 aromatic heterocycles. The van der Waals surface area contributed by atoms with Gasteiger partial charge in [-0.25, -0.2) is 22.3 Å². The molecule has 0 fully saturated rings. The Bertz CT molecular complexity index is 1100. The lowest BCUT2D eigenvalue weighted by molar-refractivity contribution is 0.179. The van der Waals surface area contributed by atoms with E-state index in [0.717, 1.165) is 12.1 Å². The number of sulfone groups is 1. The molecule has 0 atom stereocenters. The van der Waals surface area contributed by atoms with E-state index in [0.29, 0.717) is 16.4 Å². The Labute approximate surface area is 159 Å². The number of nitrogens with zero attached hydrogens (tertiary/aromatic N) is 3. The second kappa shape index (κ2) is 7.15. The Morgan fingerprint density at radius 1 is 1.35 bits per heavy atom. The fourth-order valence-electron chi connectivity index (χ4n) is 2.56. The van der Waals surface area contributed by atoms with Crippen molar-refractivity contribution in [3.05, 3.63) is 46.5 Å². The van der Waals surface area contributed by atoms with Crippen LogP contribution < -0.4 is 0 Å². The van der Waals surface area contributed by atoms with Gasteiger partial charge in [-0.3, -0.25) is 0 Å². The van der Waals surface area contributed by atoms with E-state index in [1.165, 1.54) is 22.3 Å². The van der Waals surface area contributed by atoms with Crippen molar-refractivity contribution >= 4 is 38.8 Å². The van der Waals surface area contributed by atoms with Crippen LogP contribution in [-0.2, 0) is 21.2 Å². The highest BCUT2D eigenvalue weighted by Gasteiger charge is 2.30. The normalized spacial score (nSPS) is 12.0. The van der Waals surface area contributed by atoms with Gasteiger partial charge in [-0.2, -0.15) is 5.10 Å². The summed E-state index contributed by atoms with van der Waals surface area (Å²) in [6.07, 6.45) is 1.72. The number of fused-ring (bicyclic) bond motifs is 1. The van der Waals surface area contributed by atoms with Gasteiger partial charge in [-0.1, -0.05) is 11.6 Å². The molecule has 0 saturated carbocycles. The highest BCUT2D eigenvalue weighted by molar-refractivity contribution is 7.99. The first kappa shape index (κ1) is 19.1. The van der Waals surface area contributed by atoms with Gasteiger partial charge in [-0.05, 0) is 37.4 Å². The number of thioether (sulfide) groups is 1. The molecule has 0 aliphatic rings. The molecule has 0 radical (unpaired) electrons. The first-order chi connectivity index (χ1) is 12.3. The fraction of sp³-hybridized carbons (Fsp3) is 0.250. The van der Waals surface area contributed by atoms with Gasteiger partial charge in [0, 0.05) is 12.8 Å². The second-order valence-corrected chi connectivity index (χ2v) is 8.56. The van der Waals surface area contributed by atoms with Crippen LogP contribution in [0.3, 0.4) is 0 Å². The summed E-state index contributed by atoms with van der Waals surface area (Å²) in [5, 5.41) is 4.40. The standard InChI is InChI=1S/C16H15ClFN3O3S2/c1-9-6-10(8-24-2)21-15(19-9)14(16(20-21)25-3)26(22,23)11-4-5-13(18)12(17)7-11/h4-7H,8H2,1-3H3. The van der Waals surface area contributed by atoms with Crippen LogP contribution in [0.4, 0.5) is 4.39 Å². The predicted octanol–water partition coefficient (Wildman–Crippen LogP) is 3.53. The third-order valence-corrected chi connectivity index (χ3v) is 6.55. The van der Waals surface area contributed by atoms with Crippen molar-refractivity contribution in [1.29, 1.82) is 0 Å². The summed E-state index contributed by atoms with van der Waals surface area (Å²) in [6, 6.07) is 5.06. The highest BCUT2D eigenvalue weighted by Crippen LogP contribution is 2.34. The third-order valence-electron chi connectivity index (χ3n) is 3.67. The molecule has 0 N–H and O–H groups in total. The molecule has 3 rings (SSSR count). The van der Waals surface area contributed by atoms with E-state index >= 15 is 0 Å². The molecule has 1 aromatic carbocycles. The minimum absolute atomic E-state index is 0.0336. The summed E-state index contributed by atoms with van der Waals surface area (Å²) < 4.78 is 46.5. The van der Waals surface area contributed by atoms with Crippen molar-refractivity contribution in [3.8, 4) is 0 Å². The fourth-order valence-corrected chi connectivity index (χ4v) is 5.22.